The first-order valence-corrected chi connectivity index (χ1v) is 8.99. The Kier molecular flexibility index (Phi) is 5.94. The van der Waals surface area contributed by atoms with Gasteiger partial charge in [0, 0.05) is 29.1 Å². The number of H-pyrrole nitrogens is 1. The molecule has 8 nitrogen and oxygen atoms in total. The van der Waals surface area contributed by atoms with E-state index in [1.165, 1.54) is 0 Å². The molecule has 0 bridgehead atoms. The normalized spacial score (nSPS) is 10.8. The number of amidine groups is 2. The Labute approximate surface area is 167 Å². The third-order valence-electron chi connectivity index (χ3n) is 4.57. The number of carbonyl (C=O) groups excluding carboxylic acids is 1. The summed E-state index contributed by atoms with van der Waals surface area (Å²) >= 11 is 0. The zero-order valence-corrected chi connectivity index (χ0v) is 16.0. The van der Waals surface area contributed by atoms with Crippen molar-refractivity contribution in [1.29, 1.82) is 10.8 Å². The summed E-state index contributed by atoms with van der Waals surface area (Å²) in [6.45, 7) is 0.524. The number of aromatic amines is 1. The van der Waals surface area contributed by atoms with Crippen LogP contribution < -0.4 is 11.5 Å². The van der Waals surface area contributed by atoms with Crippen LogP contribution in [0.25, 0.3) is 22.2 Å². The average molecular weight is 393 g/mol. The highest BCUT2D eigenvalue weighted by atomic mass is 16.6. The van der Waals surface area contributed by atoms with Gasteiger partial charge in [-0.15, -0.1) is 0 Å². The molecule has 7 N–H and O–H groups in total. The van der Waals surface area contributed by atoms with Gasteiger partial charge in [-0.25, -0.2) is 0 Å². The number of rotatable bonds is 8. The van der Waals surface area contributed by atoms with Crippen LogP contribution in [0.3, 0.4) is 0 Å². The van der Waals surface area contributed by atoms with Gasteiger partial charge in [0.05, 0.1) is 18.7 Å². The van der Waals surface area contributed by atoms with E-state index >= 15 is 0 Å². The summed E-state index contributed by atoms with van der Waals surface area (Å²) in [6, 6.07) is 12.6. The van der Waals surface area contributed by atoms with Crippen LogP contribution in [0, 0.1) is 10.8 Å². The molecule has 0 aliphatic rings. The standard InChI is InChI=1S/C21H23N5O3/c1-28-8-9-29-18(27)11-16-15-7-6-14(21(24)25)10-17(15)26-19(16)12-2-4-13(5-3-12)20(22)23/h2-7,10,26H,8-9,11H2,1H3,(H3,22,23)(H3,24,25). The predicted molar refractivity (Wildman–Crippen MR) is 112 cm³/mol. The Morgan fingerprint density at radius 3 is 2.28 bits per heavy atom. The van der Waals surface area contributed by atoms with Crippen molar-refractivity contribution >= 4 is 28.5 Å². The maximum Gasteiger partial charge on any atom is 0.310 e. The van der Waals surface area contributed by atoms with E-state index in [0.29, 0.717) is 17.7 Å². The van der Waals surface area contributed by atoms with Crippen molar-refractivity contribution in [3.63, 3.8) is 0 Å². The van der Waals surface area contributed by atoms with Crippen LogP contribution in [0.1, 0.15) is 16.7 Å². The minimum atomic E-state index is -0.361. The fourth-order valence-electron chi connectivity index (χ4n) is 3.10. The number of carbonyl (C=O) groups is 1. The predicted octanol–water partition coefficient (Wildman–Crippen LogP) is 2.14. The summed E-state index contributed by atoms with van der Waals surface area (Å²) in [6.07, 6.45) is 0.0763. The first-order chi connectivity index (χ1) is 13.9. The molecular formula is C21H23N5O3. The van der Waals surface area contributed by atoms with E-state index in [9.17, 15) is 4.79 Å². The van der Waals surface area contributed by atoms with Gasteiger partial charge in [-0.2, -0.15) is 0 Å². The molecule has 0 fully saturated rings. The number of benzene rings is 2. The van der Waals surface area contributed by atoms with Crippen molar-refractivity contribution in [2.45, 2.75) is 6.42 Å². The van der Waals surface area contributed by atoms with Crippen LogP contribution >= 0.6 is 0 Å². The Bertz CT molecular complexity index is 1070. The molecule has 1 heterocycles. The molecule has 3 aromatic rings. The molecule has 0 radical (unpaired) electrons. The summed E-state index contributed by atoms with van der Waals surface area (Å²) in [7, 11) is 1.54. The molecule has 0 saturated carbocycles. The van der Waals surface area contributed by atoms with E-state index in [1.807, 2.05) is 18.2 Å². The maximum absolute atomic E-state index is 12.3. The van der Waals surface area contributed by atoms with E-state index < -0.39 is 0 Å². The number of ether oxygens (including phenoxy) is 2. The second-order valence-corrected chi connectivity index (χ2v) is 6.53. The summed E-state index contributed by atoms with van der Waals surface area (Å²) in [5.41, 5.74) is 15.5. The molecular weight excluding hydrogens is 370 g/mol. The second-order valence-electron chi connectivity index (χ2n) is 6.53. The van der Waals surface area contributed by atoms with Gasteiger partial charge in [-0.05, 0) is 17.2 Å². The number of nitrogens with one attached hydrogen (secondary N) is 3. The molecule has 0 aliphatic carbocycles. The van der Waals surface area contributed by atoms with E-state index in [0.717, 1.165) is 27.7 Å². The van der Waals surface area contributed by atoms with E-state index in [4.69, 9.17) is 31.8 Å². The maximum atomic E-state index is 12.3. The molecule has 1 aromatic heterocycles. The number of fused-ring (bicyclic) bond motifs is 1. The lowest BCUT2D eigenvalue weighted by Gasteiger charge is -2.07. The second kappa shape index (κ2) is 8.57. The van der Waals surface area contributed by atoms with Gasteiger partial charge in [0.15, 0.2) is 0 Å². The summed E-state index contributed by atoms with van der Waals surface area (Å²) in [5.74, 6) is -0.407. The number of hydrogen-bond donors (Lipinski definition) is 5. The Morgan fingerprint density at radius 1 is 1.00 bits per heavy atom. The SMILES string of the molecule is COCCOC(=O)Cc1c(-c2ccc(C(=N)N)cc2)[nH]c2cc(C(=N)N)ccc12. The largest absolute Gasteiger partial charge is 0.463 e. The fraction of sp³-hybridized carbons (Fsp3) is 0.190. The number of esters is 1. The first kappa shape index (κ1) is 20.1. The van der Waals surface area contributed by atoms with Crippen molar-refractivity contribution in [2.24, 2.45) is 11.5 Å². The van der Waals surface area contributed by atoms with Gasteiger partial charge in [0.2, 0.25) is 0 Å². The lowest BCUT2D eigenvalue weighted by Crippen LogP contribution is -2.12. The van der Waals surface area contributed by atoms with Crippen molar-refractivity contribution in [2.75, 3.05) is 20.3 Å². The van der Waals surface area contributed by atoms with Crippen LogP contribution in [-0.2, 0) is 20.7 Å². The van der Waals surface area contributed by atoms with Gasteiger partial charge in [0.1, 0.15) is 18.3 Å². The van der Waals surface area contributed by atoms with Gasteiger partial charge in [0.25, 0.3) is 0 Å². The Hall–Kier alpha value is -3.65. The zero-order chi connectivity index (χ0) is 21.0. The molecule has 8 heteroatoms. The average Bonchev–Trinajstić information content (AvgIpc) is 3.05. The third-order valence-corrected chi connectivity index (χ3v) is 4.57. The highest BCUT2D eigenvalue weighted by Gasteiger charge is 2.18. The molecule has 0 amide bonds. The molecule has 3 rings (SSSR count). The number of hydrogen-bond acceptors (Lipinski definition) is 5. The van der Waals surface area contributed by atoms with Crippen molar-refractivity contribution in [1.82, 2.24) is 4.98 Å². The molecule has 0 atom stereocenters. The van der Waals surface area contributed by atoms with Crippen LogP contribution in [0.4, 0.5) is 0 Å². The van der Waals surface area contributed by atoms with Crippen molar-refractivity contribution in [3.8, 4) is 11.3 Å². The van der Waals surface area contributed by atoms with Crippen LogP contribution in [0.2, 0.25) is 0 Å². The monoisotopic (exact) mass is 393 g/mol. The van der Waals surface area contributed by atoms with Crippen LogP contribution in [0.15, 0.2) is 42.5 Å². The molecule has 29 heavy (non-hydrogen) atoms. The molecule has 0 unspecified atom stereocenters. The number of aromatic nitrogens is 1. The minimum Gasteiger partial charge on any atom is -0.463 e. The van der Waals surface area contributed by atoms with Crippen LogP contribution in [0.5, 0.6) is 0 Å². The van der Waals surface area contributed by atoms with Gasteiger partial charge >= 0.3 is 5.97 Å². The van der Waals surface area contributed by atoms with E-state index in [1.54, 1.807) is 31.4 Å². The van der Waals surface area contributed by atoms with Crippen molar-refractivity contribution < 1.29 is 14.3 Å². The molecule has 2 aromatic carbocycles. The topological polar surface area (TPSA) is 151 Å². The van der Waals surface area contributed by atoms with Gasteiger partial charge < -0.3 is 25.9 Å². The Morgan fingerprint density at radius 2 is 1.66 bits per heavy atom. The van der Waals surface area contributed by atoms with E-state index in [2.05, 4.69) is 4.98 Å². The van der Waals surface area contributed by atoms with Gasteiger partial charge in [-0.3, -0.25) is 15.6 Å². The number of nitrogen functional groups attached to an aromatic ring is 2. The first-order valence-electron chi connectivity index (χ1n) is 8.99. The quantitative estimate of drug-likeness (QED) is 0.172. The highest BCUT2D eigenvalue weighted by molar-refractivity contribution is 6.01. The van der Waals surface area contributed by atoms with E-state index in [-0.39, 0.29) is 30.7 Å². The summed E-state index contributed by atoms with van der Waals surface area (Å²) in [5, 5.41) is 16.0. The number of methoxy groups -OCH3 is 1. The minimum absolute atomic E-state index is 0.0127. The summed E-state index contributed by atoms with van der Waals surface area (Å²) < 4.78 is 10.1. The molecule has 0 spiro atoms. The fourth-order valence-corrected chi connectivity index (χ4v) is 3.10. The lowest BCUT2D eigenvalue weighted by molar-refractivity contribution is -0.144. The summed E-state index contributed by atoms with van der Waals surface area (Å²) in [4.78, 5) is 15.7. The molecule has 0 saturated heterocycles. The Balaban J connectivity index is 2.04. The number of nitrogens with two attached hydrogens (primary N) is 2. The smallest absolute Gasteiger partial charge is 0.310 e. The van der Waals surface area contributed by atoms with Crippen LogP contribution in [-0.4, -0.2) is 42.9 Å². The lowest BCUT2D eigenvalue weighted by atomic mass is 10.0. The zero-order valence-electron chi connectivity index (χ0n) is 16.0. The third kappa shape index (κ3) is 4.44. The molecule has 150 valence electrons. The molecule has 0 aliphatic heterocycles. The highest BCUT2D eigenvalue weighted by Crippen LogP contribution is 2.32. The van der Waals surface area contributed by atoms with Crippen molar-refractivity contribution in [3.05, 3.63) is 59.2 Å². The van der Waals surface area contributed by atoms with Gasteiger partial charge in [-0.1, -0.05) is 36.4 Å².